The number of nitrogens with one attached hydrogen (secondary N) is 1. The molecular formula is C20H19ClN2O4. The van der Waals surface area contributed by atoms with Crippen LogP contribution in [0.15, 0.2) is 59.3 Å². The lowest BCUT2D eigenvalue weighted by Gasteiger charge is -2.15. The normalized spacial score (nSPS) is 10.7. The Morgan fingerprint density at radius 2 is 1.96 bits per heavy atom. The molecule has 3 rings (SSSR count). The van der Waals surface area contributed by atoms with E-state index in [0.717, 1.165) is 5.56 Å². The Bertz CT molecular complexity index is 893. The maximum atomic E-state index is 12.6. The van der Waals surface area contributed by atoms with Gasteiger partial charge in [0, 0.05) is 11.1 Å². The first kappa shape index (κ1) is 18.8. The van der Waals surface area contributed by atoms with E-state index in [0.29, 0.717) is 34.5 Å². The highest BCUT2D eigenvalue weighted by molar-refractivity contribution is 6.30. The van der Waals surface area contributed by atoms with Crippen LogP contribution in [0.1, 0.15) is 29.8 Å². The fourth-order valence-corrected chi connectivity index (χ4v) is 2.47. The molecule has 0 saturated heterocycles. The van der Waals surface area contributed by atoms with Gasteiger partial charge < -0.3 is 19.3 Å². The van der Waals surface area contributed by atoms with E-state index in [-0.39, 0.29) is 12.0 Å². The van der Waals surface area contributed by atoms with Gasteiger partial charge in [-0.15, -0.1) is 0 Å². The third-order valence-electron chi connectivity index (χ3n) is 3.56. The van der Waals surface area contributed by atoms with Crippen LogP contribution in [0.4, 0.5) is 5.82 Å². The summed E-state index contributed by atoms with van der Waals surface area (Å²) < 4.78 is 16.3. The lowest BCUT2D eigenvalue weighted by Crippen LogP contribution is -2.16. The van der Waals surface area contributed by atoms with E-state index in [2.05, 4.69) is 10.5 Å². The van der Waals surface area contributed by atoms with Gasteiger partial charge in [0.25, 0.3) is 5.91 Å². The number of benzene rings is 2. The molecule has 0 spiro atoms. The zero-order chi connectivity index (χ0) is 19.2. The third-order valence-corrected chi connectivity index (χ3v) is 3.81. The average Bonchev–Trinajstić information content (AvgIpc) is 3.14. The molecule has 27 heavy (non-hydrogen) atoms. The number of nitrogens with zero attached hydrogens (tertiary/aromatic N) is 1. The maximum absolute atomic E-state index is 12.6. The molecular weight excluding hydrogens is 368 g/mol. The van der Waals surface area contributed by atoms with Crippen molar-refractivity contribution in [2.75, 3.05) is 5.32 Å². The maximum Gasteiger partial charge on any atom is 0.260 e. The van der Waals surface area contributed by atoms with Crippen molar-refractivity contribution in [3.8, 4) is 11.5 Å². The van der Waals surface area contributed by atoms with Crippen LogP contribution in [0.5, 0.6) is 11.5 Å². The number of rotatable bonds is 7. The molecule has 7 heteroatoms. The molecule has 0 radical (unpaired) electrons. The second-order valence-corrected chi connectivity index (χ2v) is 6.51. The predicted molar refractivity (Wildman–Crippen MR) is 102 cm³/mol. The molecule has 140 valence electrons. The number of carbonyl (C=O) groups excluding carboxylic acids is 1. The molecule has 0 atom stereocenters. The molecule has 1 N–H and O–H groups in total. The van der Waals surface area contributed by atoms with Gasteiger partial charge in [0.1, 0.15) is 24.4 Å². The molecule has 1 heterocycles. The minimum atomic E-state index is -0.364. The average molecular weight is 387 g/mol. The van der Waals surface area contributed by atoms with Crippen LogP contribution in [-0.4, -0.2) is 17.2 Å². The van der Waals surface area contributed by atoms with Crippen LogP contribution < -0.4 is 14.8 Å². The van der Waals surface area contributed by atoms with E-state index in [9.17, 15) is 4.79 Å². The van der Waals surface area contributed by atoms with E-state index in [1.54, 1.807) is 36.4 Å². The summed E-state index contributed by atoms with van der Waals surface area (Å²) in [6.07, 6.45) is 1.30. The summed E-state index contributed by atoms with van der Waals surface area (Å²) >= 11 is 5.89. The molecule has 6 nitrogen and oxygen atoms in total. The van der Waals surface area contributed by atoms with Crippen molar-refractivity contribution in [1.82, 2.24) is 5.16 Å². The summed E-state index contributed by atoms with van der Waals surface area (Å²) in [6, 6.07) is 14.1. The van der Waals surface area contributed by atoms with Crippen molar-refractivity contribution in [3.05, 3.63) is 70.9 Å². The Morgan fingerprint density at radius 1 is 1.19 bits per heavy atom. The topological polar surface area (TPSA) is 73.6 Å². The van der Waals surface area contributed by atoms with Gasteiger partial charge in [-0.3, -0.25) is 4.79 Å². The molecule has 1 amide bonds. The van der Waals surface area contributed by atoms with E-state index in [4.69, 9.17) is 25.6 Å². The van der Waals surface area contributed by atoms with E-state index >= 15 is 0 Å². The second kappa shape index (κ2) is 8.60. The number of halogens is 1. The molecule has 0 aliphatic rings. The van der Waals surface area contributed by atoms with Gasteiger partial charge in [-0.05, 0) is 49.7 Å². The van der Waals surface area contributed by atoms with Crippen molar-refractivity contribution in [2.45, 2.75) is 26.6 Å². The summed E-state index contributed by atoms with van der Waals surface area (Å²) in [6.45, 7) is 4.14. The number of amides is 1. The van der Waals surface area contributed by atoms with Gasteiger partial charge in [0.2, 0.25) is 0 Å². The van der Waals surface area contributed by atoms with Crippen LogP contribution in [0.25, 0.3) is 0 Å². The van der Waals surface area contributed by atoms with E-state index < -0.39 is 0 Å². The number of hydrogen-bond acceptors (Lipinski definition) is 5. The van der Waals surface area contributed by atoms with Crippen LogP contribution in [0, 0.1) is 0 Å². The molecule has 0 saturated carbocycles. The zero-order valence-electron chi connectivity index (χ0n) is 14.9. The molecule has 0 aliphatic carbocycles. The highest BCUT2D eigenvalue weighted by Crippen LogP contribution is 2.27. The number of carbonyl (C=O) groups is 1. The molecule has 0 bridgehead atoms. The Balaban J connectivity index is 1.78. The minimum Gasteiger partial charge on any atom is -0.490 e. The van der Waals surface area contributed by atoms with Crippen molar-refractivity contribution in [2.24, 2.45) is 0 Å². The molecule has 0 unspecified atom stereocenters. The van der Waals surface area contributed by atoms with Gasteiger partial charge in [-0.1, -0.05) is 28.9 Å². The van der Waals surface area contributed by atoms with Gasteiger partial charge >= 0.3 is 0 Å². The fourth-order valence-electron chi connectivity index (χ4n) is 2.34. The first-order valence-electron chi connectivity index (χ1n) is 8.41. The highest BCUT2D eigenvalue weighted by Gasteiger charge is 2.16. The quantitative estimate of drug-likeness (QED) is 0.622. The Labute approximate surface area is 162 Å². The van der Waals surface area contributed by atoms with Gasteiger partial charge in [-0.25, -0.2) is 0 Å². The number of aromatic nitrogens is 1. The smallest absolute Gasteiger partial charge is 0.260 e. The van der Waals surface area contributed by atoms with Gasteiger partial charge in [0.05, 0.1) is 11.7 Å². The van der Waals surface area contributed by atoms with Crippen LogP contribution in [0.2, 0.25) is 5.02 Å². The molecule has 0 fully saturated rings. The van der Waals surface area contributed by atoms with Crippen molar-refractivity contribution < 1.29 is 18.8 Å². The van der Waals surface area contributed by atoms with E-state index in [1.807, 2.05) is 26.0 Å². The Morgan fingerprint density at radius 3 is 2.63 bits per heavy atom. The lowest BCUT2D eigenvalue weighted by molar-refractivity contribution is 0.101. The van der Waals surface area contributed by atoms with Gasteiger partial charge in [-0.2, -0.15) is 0 Å². The summed E-state index contributed by atoms with van der Waals surface area (Å²) in [5.41, 5.74) is 1.32. The van der Waals surface area contributed by atoms with Crippen molar-refractivity contribution >= 4 is 23.3 Å². The van der Waals surface area contributed by atoms with Crippen LogP contribution >= 0.6 is 11.6 Å². The molecule has 2 aromatic carbocycles. The third kappa shape index (κ3) is 5.24. The molecule has 1 aromatic heterocycles. The first-order valence-corrected chi connectivity index (χ1v) is 8.79. The van der Waals surface area contributed by atoms with Crippen LogP contribution in [-0.2, 0) is 6.61 Å². The zero-order valence-corrected chi connectivity index (χ0v) is 15.7. The van der Waals surface area contributed by atoms with Crippen molar-refractivity contribution in [1.29, 1.82) is 0 Å². The SMILES string of the molecule is CC(C)Oc1ccc(OCc2ccc(Cl)cc2)cc1C(=O)Nc1ccon1. The van der Waals surface area contributed by atoms with Crippen molar-refractivity contribution in [3.63, 3.8) is 0 Å². The van der Waals surface area contributed by atoms with E-state index in [1.165, 1.54) is 6.26 Å². The summed E-state index contributed by atoms with van der Waals surface area (Å²) in [7, 11) is 0. The molecule has 0 aliphatic heterocycles. The summed E-state index contributed by atoms with van der Waals surface area (Å²) in [4.78, 5) is 12.6. The second-order valence-electron chi connectivity index (χ2n) is 6.08. The number of anilines is 1. The monoisotopic (exact) mass is 386 g/mol. The first-order chi connectivity index (χ1) is 13.0. The number of ether oxygens (including phenoxy) is 2. The lowest BCUT2D eigenvalue weighted by atomic mass is 10.1. The standard InChI is InChI=1S/C20H19ClN2O4/c1-13(2)27-18-8-7-16(25-12-14-3-5-15(21)6-4-14)11-17(18)20(24)22-19-9-10-26-23-19/h3-11,13H,12H2,1-2H3,(H,22,23,24). The largest absolute Gasteiger partial charge is 0.490 e. The minimum absolute atomic E-state index is 0.0792. The number of hydrogen-bond donors (Lipinski definition) is 1. The Hall–Kier alpha value is -2.99. The summed E-state index contributed by atoms with van der Waals surface area (Å²) in [5.74, 6) is 0.968. The fraction of sp³-hybridized carbons (Fsp3) is 0.200. The van der Waals surface area contributed by atoms with Crippen LogP contribution in [0.3, 0.4) is 0 Å². The van der Waals surface area contributed by atoms with Gasteiger partial charge in [0.15, 0.2) is 5.82 Å². The Kier molecular flexibility index (Phi) is 5.98. The molecule has 3 aromatic rings. The predicted octanol–water partition coefficient (Wildman–Crippen LogP) is 4.95. The highest BCUT2D eigenvalue weighted by atomic mass is 35.5. The summed E-state index contributed by atoms with van der Waals surface area (Å²) in [5, 5.41) is 7.02.